The molecule has 0 aliphatic heterocycles. The second kappa shape index (κ2) is 9.79. The van der Waals surface area contributed by atoms with Gasteiger partial charge in [-0.1, -0.05) is 62.9 Å². The molecule has 0 heterocycles. The molecule has 1 aromatic carbocycles. The average Bonchev–Trinajstić information content (AvgIpc) is 2.45. The van der Waals surface area contributed by atoms with Gasteiger partial charge in [0.05, 0.1) is 7.11 Å². The molecule has 0 aliphatic rings. The van der Waals surface area contributed by atoms with Crippen LogP contribution in [0.15, 0.2) is 49.1 Å². The number of allylic oxidation sites excluding steroid dienone is 5. The summed E-state index contributed by atoms with van der Waals surface area (Å²) in [5.74, 6) is 0.749. The van der Waals surface area contributed by atoms with Crippen molar-refractivity contribution in [2.75, 3.05) is 7.11 Å². The summed E-state index contributed by atoms with van der Waals surface area (Å²) in [6, 6.07) is 5.77. The Hall–Kier alpha value is -2.09. The second-order valence-electron chi connectivity index (χ2n) is 3.91. The standard InChI is InChI=1S/C16H18O2.C2H6/c1-5-6-7-10-14(13(3)17)15-11-8-9-12(2)16(15)18-4;1-2/h5-11H,1H2,2-4H3;1-2H3/b7-6-,14-10+;. The number of Topliss-reactive ketones (excluding diaryl/α,β-unsaturated/α-hetero) is 1. The summed E-state index contributed by atoms with van der Waals surface area (Å²) in [6.45, 7) is 11.1. The number of methoxy groups -OCH3 is 1. The normalized spacial score (nSPS) is 10.8. The van der Waals surface area contributed by atoms with Crippen LogP contribution < -0.4 is 4.74 Å². The highest BCUT2D eigenvalue weighted by Crippen LogP contribution is 2.29. The number of carbonyl (C=O) groups is 1. The van der Waals surface area contributed by atoms with Gasteiger partial charge in [0, 0.05) is 11.1 Å². The van der Waals surface area contributed by atoms with E-state index in [1.54, 1.807) is 38.3 Å². The summed E-state index contributed by atoms with van der Waals surface area (Å²) in [7, 11) is 1.61. The lowest BCUT2D eigenvalue weighted by atomic mass is 9.98. The summed E-state index contributed by atoms with van der Waals surface area (Å²) < 4.78 is 5.38. The minimum Gasteiger partial charge on any atom is -0.496 e. The van der Waals surface area contributed by atoms with Crippen LogP contribution in [-0.2, 0) is 4.79 Å². The molecular weight excluding hydrogens is 248 g/mol. The number of hydrogen-bond donors (Lipinski definition) is 0. The van der Waals surface area contributed by atoms with E-state index in [0.717, 1.165) is 16.9 Å². The molecule has 0 saturated heterocycles. The molecular formula is C18H24O2. The molecule has 0 aliphatic carbocycles. The van der Waals surface area contributed by atoms with E-state index in [1.165, 1.54) is 0 Å². The van der Waals surface area contributed by atoms with Crippen molar-refractivity contribution >= 4 is 11.4 Å². The molecule has 0 aromatic heterocycles. The first-order valence-electron chi connectivity index (χ1n) is 6.76. The van der Waals surface area contributed by atoms with Gasteiger partial charge in [-0.25, -0.2) is 0 Å². The molecule has 20 heavy (non-hydrogen) atoms. The average molecular weight is 272 g/mol. The van der Waals surface area contributed by atoms with Crippen LogP contribution in [0.25, 0.3) is 5.57 Å². The van der Waals surface area contributed by atoms with E-state index >= 15 is 0 Å². The smallest absolute Gasteiger partial charge is 0.160 e. The Bertz CT molecular complexity index is 508. The van der Waals surface area contributed by atoms with Crippen LogP contribution in [0.3, 0.4) is 0 Å². The van der Waals surface area contributed by atoms with Crippen LogP contribution in [0.1, 0.15) is 31.9 Å². The van der Waals surface area contributed by atoms with Crippen LogP contribution >= 0.6 is 0 Å². The number of benzene rings is 1. The van der Waals surface area contributed by atoms with E-state index in [-0.39, 0.29) is 5.78 Å². The first-order valence-corrected chi connectivity index (χ1v) is 6.76. The number of para-hydroxylation sites is 1. The topological polar surface area (TPSA) is 26.3 Å². The first kappa shape index (κ1) is 17.9. The zero-order valence-corrected chi connectivity index (χ0v) is 13.1. The van der Waals surface area contributed by atoms with Crippen LogP contribution in [0.4, 0.5) is 0 Å². The summed E-state index contributed by atoms with van der Waals surface area (Å²) in [4.78, 5) is 11.7. The summed E-state index contributed by atoms with van der Waals surface area (Å²) in [5, 5.41) is 0. The lowest BCUT2D eigenvalue weighted by Gasteiger charge is -2.12. The molecule has 1 rings (SSSR count). The predicted molar refractivity (Wildman–Crippen MR) is 87.1 cm³/mol. The van der Waals surface area contributed by atoms with Gasteiger partial charge in [0.2, 0.25) is 0 Å². The van der Waals surface area contributed by atoms with Gasteiger partial charge in [-0.15, -0.1) is 0 Å². The van der Waals surface area contributed by atoms with Crippen molar-refractivity contribution in [2.24, 2.45) is 0 Å². The molecule has 0 spiro atoms. The van der Waals surface area contributed by atoms with E-state index in [1.807, 2.05) is 39.0 Å². The Balaban J connectivity index is 0.00000172. The van der Waals surface area contributed by atoms with Gasteiger partial charge in [0.1, 0.15) is 5.75 Å². The molecule has 0 bridgehead atoms. The first-order chi connectivity index (χ1) is 9.61. The van der Waals surface area contributed by atoms with E-state index in [2.05, 4.69) is 6.58 Å². The highest BCUT2D eigenvalue weighted by atomic mass is 16.5. The highest BCUT2D eigenvalue weighted by Gasteiger charge is 2.13. The number of ether oxygens (including phenoxy) is 1. The molecule has 2 nitrogen and oxygen atoms in total. The molecule has 0 amide bonds. The predicted octanol–water partition coefficient (Wildman–Crippen LogP) is 4.74. The second-order valence-corrected chi connectivity index (χ2v) is 3.91. The van der Waals surface area contributed by atoms with Crippen molar-refractivity contribution < 1.29 is 9.53 Å². The van der Waals surface area contributed by atoms with E-state index < -0.39 is 0 Å². The minimum absolute atomic E-state index is 0.00705. The molecule has 1 aromatic rings. The van der Waals surface area contributed by atoms with Crippen molar-refractivity contribution in [3.05, 3.63) is 60.2 Å². The van der Waals surface area contributed by atoms with Gasteiger partial charge in [-0.05, 0) is 19.4 Å². The minimum atomic E-state index is 0.00705. The number of rotatable bonds is 5. The Labute approximate surface area is 122 Å². The van der Waals surface area contributed by atoms with Gasteiger partial charge in [0.15, 0.2) is 5.78 Å². The maximum atomic E-state index is 11.7. The van der Waals surface area contributed by atoms with Gasteiger partial charge >= 0.3 is 0 Å². The maximum absolute atomic E-state index is 11.7. The van der Waals surface area contributed by atoms with Crippen molar-refractivity contribution in [3.63, 3.8) is 0 Å². The summed E-state index contributed by atoms with van der Waals surface area (Å²) in [6.07, 6.45) is 7.03. The Morgan fingerprint density at radius 3 is 2.40 bits per heavy atom. The lowest BCUT2D eigenvalue weighted by Crippen LogP contribution is -2.00. The third kappa shape index (κ3) is 4.88. The molecule has 0 atom stereocenters. The Morgan fingerprint density at radius 1 is 1.25 bits per heavy atom. The zero-order valence-electron chi connectivity index (χ0n) is 13.1. The molecule has 0 radical (unpaired) electrons. The summed E-state index contributed by atoms with van der Waals surface area (Å²) >= 11 is 0. The molecule has 0 N–H and O–H groups in total. The molecule has 108 valence electrons. The largest absolute Gasteiger partial charge is 0.496 e. The van der Waals surface area contributed by atoms with Crippen LogP contribution in [-0.4, -0.2) is 12.9 Å². The maximum Gasteiger partial charge on any atom is 0.160 e. The highest BCUT2D eigenvalue weighted by molar-refractivity contribution is 6.20. The number of carbonyl (C=O) groups excluding carboxylic acids is 1. The molecule has 0 saturated carbocycles. The van der Waals surface area contributed by atoms with Crippen molar-refractivity contribution in [1.82, 2.24) is 0 Å². The van der Waals surface area contributed by atoms with Crippen LogP contribution in [0.2, 0.25) is 0 Å². The van der Waals surface area contributed by atoms with E-state index in [4.69, 9.17) is 4.74 Å². The molecule has 0 fully saturated rings. The SMILES string of the molecule is C=C/C=C\C=C(/C(C)=O)c1cccc(C)c1OC.CC. The van der Waals surface area contributed by atoms with E-state index in [9.17, 15) is 4.79 Å². The van der Waals surface area contributed by atoms with Crippen LogP contribution in [0, 0.1) is 6.92 Å². The Morgan fingerprint density at radius 2 is 1.90 bits per heavy atom. The fraction of sp³-hybridized carbons (Fsp3) is 0.278. The van der Waals surface area contributed by atoms with Gasteiger partial charge in [0.25, 0.3) is 0 Å². The third-order valence-electron chi connectivity index (χ3n) is 2.60. The van der Waals surface area contributed by atoms with E-state index in [0.29, 0.717) is 5.57 Å². The summed E-state index contributed by atoms with van der Waals surface area (Å²) in [5.41, 5.74) is 2.46. The van der Waals surface area contributed by atoms with Gasteiger partial charge in [-0.3, -0.25) is 4.79 Å². The zero-order chi connectivity index (χ0) is 15.5. The number of hydrogen-bond acceptors (Lipinski definition) is 2. The fourth-order valence-corrected chi connectivity index (χ4v) is 1.76. The van der Waals surface area contributed by atoms with Crippen molar-refractivity contribution in [2.45, 2.75) is 27.7 Å². The molecule has 0 unspecified atom stereocenters. The number of aryl methyl sites for hydroxylation is 1. The van der Waals surface area contributed by atoms with Crippen molar-refractivity contribution in [3.8, 4) is 5.75 Å². The molecule has 2 heteroatoms. The van der Waals surface area contributed by atoms with Gasteiger partial charge < -0.3 is 4.74 Å². The Kier molecular flexibility index (Phi) is 8.77. The lowest BCUT2D eigenvalue weighted by molar-refractivity contribution is -0.111. The monoisotopic (exact) mass is 272 g/mol. The quantitative estimate of drug-likeness (QED) is 0.571. The third-order valence-corrected chi connectivity index (χ3v) is 2.60. The fourth-order valence-electron chi connectivity index (χ4n) is 1.76. The van der Waals surface area contributed by atoms with Crippen molar-refractivity contribution in [1.29, 1.82) is 0 Å². The van der Waals surface area contributed by atoms with Gasteiger partial charge in [-0.2, -0.15) is 0 Å². The van der Waals surface area contributed by atoms with Crippen LogP contribution in [0.5, 0.6) is 5.75 Å². The number of ketones is 1.